The van der Waals surface area contributed by atoms with E-state index in [0.29, 0.717) is 6.04 Å². The van der Waals surface area contributed by atoms with E-state index in [9.17, 15) is 9.90 Å². The van der Waals surface area contributed by atoms with Gasteiger partial charge in [0.05, 0.1) is 6.54 Å². The fraction of sp³-hybridized carbons (Fsp3) is 0.643. The molecule has 1 unspecified atom stereocenters. The van der Waals surface area contributed by atoms with Crippen LogP contribution in [0.25, 0.3) is 0 Å². The van der Waals surface area contributed by atoms with Crippen LogP contribution in [0.1, 0.15) is 43.9 Å². The number of urea groups is 1. The molecule has 1 aliphatic rings. The summed E-state index contributed by atoms with van der Waals surface area (Å²) >= 11 is 1.50. The Morgan fingerprint density at radius 3 is 2.84 bits per heavy atom. The number of aliphatic hydroxyl groups is 1. The maximum absolute atomic E-state index is 11.8. The molecule has 2 amide bonds. The van der Waals surface area contributed by atoms with Crippen LogP contribution in [0, 0.1) is 0 Å². The lowest BCUT2D eigenvalue weighted by molar-refractivity contribution is 0.0629. The normalized spacial score (nSPS) is 19.7. The van der Waals surface area contributed by atoms with E-state index >= 15 is 0 Å². The molecule has 5 heteroatoms. The van der Waals surface area contributed by atoms with E-state index < -0.39 is 5.60 Å². The van der Waals surface area contributed by atoms with Crippen molar-refractivity contribution in [2.45, 2.75) is 50.7 Å². The van der Waals surface area contributed by atoms with Gasteiger partial charge in [0.25, 0.3) is 0 Å². The highest BCUT2D eigenvalue weighted by molar-refractivity contribution is 7.10. The molecule has 0 spiro atoms. The summed E-state index contributed by atoms with van der Waals surface area (Å²) in [5.74, 6) is 0. The Morgan fingerprint density at radius 1 is 1.47 bits per heavy atom. The van der Waals surface area contributed by atoms with Gasteiger partial charge in [0.15, 0.2) is 0 Å². The third kappa shape index (κ3) is 4.21. The largest absolute Gasteiger partial charge is 0.383 e. The van der Waals surface area contributed by atoms with Gasteiger partial charge in [-0.2, -0.15) is 0 Å². The first-order chi connectivity index (χ1) is 9.08. The van der Waals surface area contributed by atoms with E-state index in [1.165, 1.54) is 30.6 Å². The van der Waals surface area contributed by atoms with Gasteiger partial charge in [-0.15, -0.1) is 11.3 Å². The van der Waals surface area contributed by atoms with Crippen LogP contribution in [0.3, 0.4) is 0 Å². The van der Waals surface area contributed by atoms with Crippen LogP contribution >= 0.6 is 11.3 Å². The molecule has 1 aliphatic carbocycles. The van der Waals surface area contributed by atoms with Crippen molar-refractivity contribution in [2.24, 2.45) is 0 Å². The lowest BCUT2D eigenvalue weighted by atomic mass is 9.96. The average molecular weight is 282 g/mol. The Labute approximate surface area is 118 Å². The highest BCUT2D eigenvalue weighted by atomic mass is 32.1. The molecule has 1 saturated carbocycles. The summed E-state index contributed by atoms with van der Waals surface area (Å²) in [6.45, 7) is 1.95. The third-order valence-corrected chi connectivity index (χ3v) is 4.71. The molecule has 0 saturated heterocycles. The van der Waals surface area contributed by atoms with Crippen LogP contribution in [-0.4, -0.2) is 23.7 Å². The first-order valence-electron chi connectivity index (χ1n) is 6.89. The van der Waals surface area contributed by atoms with Gasteiger partial charge in [-0.25, -0.2) is 4.79 Å². The summed E-state index contributed by atoms with van der Waals surface area (Å²) in [7, 11) is 0. The SMILES string of the molecule is CC(O)(CNC(=O)NC1CCCCC1)c1cccs1. The second-order valence-electron chi connectivity index (χ2n) is 5.41. The Hall–Kier alpha value is -1.07. The number of rotatable bonds is 4. The third-order valence-electron chi connectivity index (χ3n) is 3.59. The Balaban J connectivity index is 1.76. The Bertz CT molecular complexity index is 398. The molecule has 0 aromatic carbocycles. The number of amides is 2. The standard InChI is InChI=1S/C14H22N2O2S/c1-14(18,12-8-5-9-19-12)10-15-13(17)16-11-6-3-2-4-7-11/h5,8-9,11,18H,2-4,6-7,10H2,1H3,(H2,15,16,17). The van der Waals surface area contributed by atoms with E-state index in [2.05, 4.69) is 10.6 Å². The minimum absolute atomic E-state index is 0.177. The summed E-state index contributed by atoms with van der Waals surface area (Å²) in [6, 6.07) is 3.89. The van der Waals surface area contributed by atoms with Crippen molar-refractivity contribution in [3.05, 3.63) is 22.4 Å². The average Bonchev–Trinajstić information content (AvgIpc) is 2.92. The molecule has 2 rings (SSSR count). The lowest BCUT2D eigenvalue weighted by Crippen LogP contribution is -2.47. The number of carbonyl (C=O) groups excluding carboxylic acids is 1. The maximum atomic E-state index is 11.8. The zero-order valence-electron chi connectivity index (χ0n) is 11.3. The Morgan fingerprint density at radius 2 is 2.21 bits per heavy atom. The minimum Gasteiger partial charge on any atom is -0.383 e. The molecule has 4 nitrogen and oxygen atoms in total. The van der Waals surface area contributed by atoms with E-state index in [1.54, 1.807) is 6.92 Å². The van der Waals surface area contributed by atoms with Crippen molar-refractivity contribution in [1.29, 1.82) is 0 Å². The van der Waals surface area contributed by atoms with E-state index in [4.69, 9.17) is 0 Å². The predicted molar refractivity (Wildman–Crippen MR) is 77.3 cm³/mol. The van der Waals surface area contributed by atoms with Crippen LogP contribution in [-0.2, 0) is 5.60 Å². The molecule has 19 heavy (non-hydrogen) atoms. The van der Waals surface area contributed by atoms with Crippen LogP contribution < -0.4 is 10.6 Å². The van der Waals surface area contributed by atoms with Gasteiger partial charge in [0.1, 0.15) is 5.60 Å². The monoisotopic (exact) mass is 282 g/mol. The van der Waals surface area contributed by atoms with Crippen LogP contribution in [0.5, 0.6) is 0 Å². The fourth-order valence-electron chi connectivity index (χ4n) is 2.41. The highest BCUT2D eigenvalue weighted by Gasteiger charge is 2.25. The molecule has 1 aromatic rings. The molecule has 106 valence electrons. The topological polar surface area (TPSA) is 61.4 Å². The molecule has 3 N–H and O–H groups in total. The second-order valence-corrected chi connectivity index (χ2v) is 6.36. The van der Waals surface area contributed by atoms with Crippen LogP contribution in [0.15, 0.2) is 17.5 Å². The number of hydrogen-bond donors (Lipinski definition) is 3. The number of nitrogens with one attached hydrogen (secondary N) is 2. The van der Waals surface area contributed by atoms with E-state index in [0.717, 1.165) is 17.7 Å². The van der Waals surface area contributed by atoms with Crippen molar-refractivity contribution in [3.63, 3.8) is 0 Å². The molecule has 0 aliphatic heterocycles. The number of hydrogen-bond acceptors (Lipinski definition) is 3. The van der Waals surface area contributed by atoms with Gasteiger partial charge in [0, 0.05) is 10.9 Å². The van der Waals surface area contributed by atoms with Crippen molar-refractivity contribution in [3.8, 4) is 0 Å². The first kappa shape index (κ1) is 14.3. The molecule has 0 radical (unpaired) electrons. The van der Waals surface area contributed by atoms with Gasteiger partial charge in [-0.3, -0.25) is 0 Å². The molecular formula is C14H22N2O2S. The zero-order valence-corrected chi connectivity index (χ0v) is 12.1. The molecular weight excluding hydrogens is 260 g/mol. The number of carbonyl (C=O) groups is 1. The van der Waals surface area contributed by atoms with Gasteiger partial charge in [-0.05, 0) is 31.2 Å². The first-order valence-corrected chi connectivity index (χ1v) is 7.76. The molecule has 1 aromatic heterocycles. The van der Waals surface area contributed by atoms with Gasteiger partial charge in [-0.1, -0.05) is 25.3 Å². The van der Waals surface area contributed by atoms with Crippen molar-refractivity contribution >= 4 is 17.4 Å². The van der Waals surface area contributed by atoms with Crippen LogP contribution in [0.4, 0.5) is 4.79 Å². The summed E-state index contributed by atoms with van der Waals surface area (Å²) in [5, 5.41) is 18.0. The second kappa shape index (κ2) is 6.39. The van der Waals surface area contributed by atoms with Gasteiger partial charge in [0.2, 0.25) is 0 Å². The Kier molecular flexibility index (Phi) is 4.82. The summed E-state index contributed by atoms with van der Waals surface area (Å²) < 4.78 is 0. The quantitative estimate of drug-likeness (QED) is 0.795. The predicted octanol–water partition coefficient (Wildman–Crippen LogP) is 2.59. The summed E-state index contributed by atoms with van der Waals surface area (Å²) in [6.07, 6.45) is 5.78. The van der Waals surface area contributed by atoms with Crippen LogP contribution in [0.2, 0.25) is 0 Å². The minimum atomic E-state index is -1.00. The highest BCUT2D eigenvalue weighted by Crippen LogP contribution is 2.24. The zero-order chi connectivity index (χ0) is 13.7. The van der Waals surface area contributed by atoms with E-state index in [1.807, 2.05) is 17.5 Å². The molecule has 1 heterocycles. The maximum Gasteiger partial charge on any atom is 0.315 e. The molecule has 1 fully saturated rings. The molecule has 1 atom stereocenters. The van der Waals surface area contributed by atoms with Gasteiger partial charge < -0.3 is 15.7 Å². The number of thiophene rings is 1. The van der Waals surface area contributed by atoms with Crippen molar-refractivity contribution in [2.75, 3.05) is 6.54 Å². The summed E-state index contributed by atoms with van der Waals surface area (Å²) in [4.78, 5) is 12.7. The smallest absolute Gasteiger partial charge is 0.315 e. The van der Waals surface area contributed by atoms with Crippen molar-refractivity contribution < 1.29 is 9.90 Å². The van der Waals surface area contributed by atoms with Gasteiger partial charge >= 0.3 is 6.03 Å². The summed E-state index contributed by atoms with van der Waals surface area (Å²) in [5.41, 5.74) is -1.00. The van der Waals surface area contributed by atoms with Crippen molar-refractivity contribution in [1.82, 2.24) is 10.6 Å². The molecule has 0 bridgehead atoms. The lowest BCUT2D eigenvalue weighted by Gasteiger charge is -2.25. The fourth-order valence-corrected chi connectivity index (χ4v) is 3.19. The van der Waals surface area contributed by atoms with E-state index in [-0.39, 0.29) is 12.6 Å².